The molecule has 7 heteroatoms. The molecule has 0 aromatic heterocycles. The predicted octanol–water partition coefficient (Wildman–Crippen LogP) is 3.56. The van der Waals surface area contributed by atoms with E-state index in [2.05, 4.69) is 5.32 Å². The van der Waals surface area contributed by atoms with Crippen LogP contribution in [0.4, 0.5) is 4.79 Å². The Bertz CT molecular complexity index is 651. The molecule has 0 fully saturated rings. The van der Waals surface area contributed by atoms with Crippen molar-refractivity contribution >= 4 is 18.0 Å². The van der Waals surface area contributed by atoms with Crippen LogP contribution in [0.25, 0.3) is 0 Å². The number of hydrogen-bond acceptors (Lipinski definition) is 5. The van der Waals surface area contributed by atoms with E-state index in [4.69, 9.17) is 9.47 Å². The number of amides is 1. The molecule has 2 atom stereocenters. The Hall–Kier alpha value is -2.57. The van der Waals surface area contributed by atoms with Gasteiger partial charge in [0.1, 0.15) is 5.60 Å². The third-order valence-electron chi connectivity index (χ3n) is 3.69. The van der Waals surface area contributed by atoms with Gasteiger partial charge in [-0.15, -0.1) is 0 Å². The molecule has 2 unspecified atom stereocenters. The summed E-state index contributed by atoms with van der Waals surface area (Å²) in [5.74, 6) is -1.79. The highest BCUT2D eigenvalue weighted by Gasteiger charge is 2.27. The summed E-state index contributed by atoms with van der Waals surface area (Å²) < 4.78 is 10.4. The lowest BCUT2D eigenvalue weighted by atomic mass is 10.0. The zero-order valence-corrected chi connectivity index (χ0v) is 17.2. The maximum atomic E-state index is 12.3. The molecule has 0 bridgehead atoms. The zero-order valence-electron chi connectivity index (χ0n) is 17.2. The van der Waals surface area contributed by atoms with Gasteiger partial charge in [0.2, 0.25) is 0 Å². The van der Waals surface area contributed by atoms with Gasteiger partial charge in [0.05, 0.1) is 6.42 Å². The van der Waals surface area contributed by atoms with Crippen LogP contribution >= 0.6 is 0 Å². The molecule has 0 heterocycles. The highest BCUT2D eigenvalue weighted by molar-refractivity contribution is 5.78. The minimum atomic E-state index is -1.20. The van der Waals surface area contributed by atoms with Crippen LogP contribution in [0.3, 0.4) is 0 Å². The summed E-state index contributed by atoms with van der Waals surface area (Å²) in [7, 11) is 0. The van der Waals surface area contributed by atoms with Crippen LogP contribution in [-0.2, 0) is 25.5 Å². The molecule has 0 spiro atoms. The second kappa shape index (κ2) is 10.7. The SMILES string of the molecule is CC(C)CC(OC(=O)CC(Cc1ccccc1)NC(=O)OC(C)(C)C)C(=O)O. The summed E-state index contributed by atoms with van der Waals surface area (Å²) in [6.45, 7) is 8.95. The maximum absolute atomic E-state index is 12.3. The van der Waals surface area contributed by atoms with Gasteiger partial charge in [-0.05, 0) is 45.1 Å². The summed E-state index contributed by atoms with van der Waals surface area (Å²) in [5, 5.41) is 11.9. The maximum Gasteiger partial charge on any atom is 0.407 e. The highest BCUT2D eigenvalue weighted by Crippen LogP contribution is 2.13. The number of ether oxygens (including phenoxy) is 2. The molecule has 1 rings (SSSR count). The highest BCUT2D eigenvalue weighted by atomic mass is 16.6. The summed E-state index contributed by atoms with van der Waals surface area (Å²) in [4.78, 5) is 35.8. The van der Waals surface area contributed by atoms with Gasteiger partial charge in [-0.3, -0.25) is 4.79 Å². The Kier molecular flexibility index (Phi) is 8.96. The van der Waals surface area contributed by atoms with E-state index in [0.717, 1.165) is 5.56 Å². The number of carboxylic acids is 1. The van der Waals surface area contributed by atoms with E-state index in [0.29, 0.717) is 6.42 Å². The van der Waals surface area contributed by atoms with Crippen LogP contribution in [0, 0.1) is 5.92 Å². The van der Waals surface area contributed by atoms with Gasteiger partial charge in [-0.25, -0.2) is 9.59 Å². The first-order valence-corrected chi connectivity index (χ1v) is 9.42. The van der Waals surface area contributed by atoms with Crippen molar-refractivity contribution in [1.29, 1.82) is 0 Å². The van der Waals surface area contributed by atoms with Crippen molar-refractivity contribution in [2.24, 2.45) is 5.92 Å². The first-order chi connectivity index (χ1) is 13.0. The Morgan fingerprint density at radius 2 is 1.71 bits per heavy atom. The third kappa shape index (κ3) is 9.94. The molecule has 0 aliphatic heterocycles. The van der Waals surface area contributed by atoms with Crippen LogP contribution < -0.4 is 5.32 Å². The van der Waals surface area contributed by atoms with E-state index in [9.17, 15) is 19.5 Å². The topological polar surface area (TPSA) is 102 Å². The van der Waals surface area contributed by atoms with Gasteiger partial charge >= 0.3 is 18.0 Å². The molecule has 1 aromatic rings. The van der Waals surface area contributed by atoms with Crippen molar-refractivity contribution in [2.75, 3.05) is 0 Å². The van der Waals surface area contributed by atoms with E-state index in [-0.39, 0.29) is 18.8 Å². The fourth-order valence-electron chi connectivity index (χ4n) is 2.58. The van der Waals surface area contributed by atoms with Crippen LogP contribution in [0.5, 0.6) is 0 Å². The molecule has 1 amide bonds. The minimum absolute atomic E-state index is 0.0638. The summed E-state index contributed by atoms with van der Waals surface area (Å²) in [5.41, 5.74) is 0.251. The monoisotopic (exact) mass is 393 g/mol. The van der Waals surface area contributed by atoms with Crippen LogP contribution in [0.1, 0.15) is 53.0 Å². The average Bonchev–Trinajstić information content (AvgIpc) is 2.52. The Morgan fingerprint density at radius 3 is 2.21 bits per heavy atom. The normalized spacial score (nSPS) is 13.5. The molecule has 156 valence electrons. The number of esters is 1. The summed E-state index contributed by atoms with van der Waals surface area (Å²) in [6.07, 6.45) is -1.39. The van der Waals surface area contributed by atoms with Gasteiger partial charge in [0.25, 0.3) is 0 Å². The van der Waals surface area contributed by atoms with Crippen LogP contribution in [0.2, 0.25) is 0 Å². The lowest BCUT2D eigenvalue weighted by Gasteiger charge is -2.24. The van der Waals surface area contributed by atoms with Crippen molar-refractivity contribution in [3.05, 3.63) is 35.9 Å². The van der Waals surface area contributed by atoms with E-state index < -0.39 is 35.8 Å². The van der Waals surface area contributed by atoms with Crippen LogP contribution in [0.15, 0.2) is 30.3 Å². The molecule has 0 aliphatic rings. The van der Waals surface area contributed by atoms with Gasteiger partial charge in [-0.2, -0.15) is 0 Å². The smallest absolute Gasteiger partial charge is 0.407 e. The van der Waals surface area contributed by atoms with Gasteiger partial charge in [0, 0.05) is 6.04 Å². The second-order valence-corrected chi connectivity index (χ2v) is 8.18. The van der Waals surface area contributed by atoms with E-state index in [1.54, 1.807) is 20.8 Å². The number of carboxylic acid groups (broad SMARTS) is 1. The number of alkyl carbamates (subject to hydrolysis) is 1. The second-order valence-electron chi connectivity index (χ2n) is 8.18. The number of nitrogens with one attached hydrogen (secondary N) is 1. The molecule has 2 N–H and O–H groups in total. The first-order valence-electron chi connectivity index (χ1n) is 9.42. The molecule has 0 radical (unpaired) electrons. The summed E-state index contributed by atoms with van der Waals surface area (Å²) in [6, 6.07) is 8.78. The predicted molar refractivity (Wildman–Crippen MR) is 105 cm³/mol. The fraction of sp³-hybridized carbons (Fsp3) is 0.571. The number of hydrogen-bond donors (Lipinski definition) is 2. The quantitative estimate of drug-likeness (QED) is 0.622. The molecule has 1 aromatic carbocycles. The number of carbonyl (C=O) groups is 3. The van der Waals surface area contributed by atoms with Crippen LogP contribution in [-0.4, -0.2) is 40.9 Å². The fourth-order valence-corrected chi connectivity index (χ4v) is 2.58. The van der Waals surface area contributed by atoms with Crippen molar-refractivity contribution < 1.29 is 29.0 Å². The molecular formula is C21H31NO6. The van der Waals surface area contributed by atoms with Gasteiger partial charge in [0.15, 0.2) is 6.10 Å². The lowest BCUT2D eigenvalue weighted by molar-refractivity contribution is -0.165. The van der Waals surface area contributed by atoms with Gasteiger partial charge in [-0.1, -0.05) is 44.2 Å². The Morgan fingerprint density at radius 1 is 1.11 bits per heavy atom. The molecule has 0 saturated carbocycles. The molecular weight excluding hydrogens is 362 g/mol. The van der Waals surface area contributed by atoms with Gasteiger partial charge < -0.3 is 19.9 Å². The molecule has 0 saturated heterocycles. The van der Waals surface area contributed by atoms with Crippen molar-refractivity contribution in [3.8, 4) is 0 Å². The number of rotatable bonds is 9. The van der Waals surface area contributed by atoms with E-state index in [1.807, 2.05) is 44.2 Å². The molecule has 0 aliphatic carbocycles. The Balaban J connectivity index is 2.81. The lowest BCUT2D eigenvalue weighted by Crippen LogP contribution is -2.42. The average molecular weight is 393 g/mol. The number of carbonyl (C=O) groups excluding carboxylic acids is 2. The zero-order chi connectivity index (χ0) is 21.3. The largest absolute Gasteiger partial charge is 0.479 e. The number of benzene rings is 1. The number of aliphatic carboxylic acids is 1. The molecule has 7 nitrogen and oxygen atoms in total. The van der Waals surface area contributed by atoms with E-state index in [1.165, 1.54) is 0 Å². The Labute approximate surface area is 166 Å². The van der Waals surface area contributed by atoms with Crippen molar-refractivity contribution in [1.82, 2.24) is 5.32 Å². The standard InChI is InChI=1S/C21H31NO6/c1-14(2)11-17(19(24)25)27-18(23)13-16(12-15-9-7-6-8-10-15)22-20(26)28-21(3,4)5/h6-10,14,16-17H,11-13H2,1-5H3,(H,22,26)(H,24,25). The summed E-state index contributed by atoms with van der Waals surface area (Å²) >= 11 is 0. The molecule has 28 heavy (non-hydrogen) atoms. The first kappa shape index (κ1) is 23.5. The van der Waals surface area contributed by atoms with E-state index >= 15 is 0 Å². The minimum Gasteiger partial charge on any atom is -0.479 e. The third-order valence-corrected chi connectivity index (χ3v) is 3.69. The van der Waals surface area contributed by atoms with Crippen molar-refractivity contribution in [3.63, 3.8) is 0 Å². The van der Waals surface area contributed by atoms with Crippen molar-refractivity contribution in [2.45, 2.75) is 71.6 Å².